The molecular weight excluding hydrogens is 264 g/mol. The van der Waals surface area contributed by atoms with E-state index in [1.54, 1.807) is 29.0 Å². The molecule has 2 nitrogen and oxygen atoms in total. The summed E-state index contributed by atoms with van der Waals surface area (Å²) in [5.74, 6) is 0. The number of thiophene rings is 1. The summed E-state index contributed by atoms with van der Waals surface area (Å²) in [5.41, 5.74) is 0. The van der Waals surface area contributed by atoms with E-state index in [4.69, 9.17) is 0 Å². The molecule has 2 aromatic carbocycles. The van der Waals surface area contributed by atoms with Crippen molar-refractivity contribution in [2.24, 2.45) is 0 Å². The van der Waals surface area contributed by atoms with E-state index in [9.17, 15) is 8.42 Å². The molecule has 0 fully saturated rings. The van der Waals surface area contributed by atoms with Crippen LogP contribution in [0.2, 0.25) is 0 Å². The van der Waals surface area contributed by atoms with Crippen LogP contribution >= 0.6 is 11.3 Å². The molecule has 0 bridgehead atoms. The second-order valence-electron chi connectivity index (χ2n) is 3.97. The summed E-state index contributed by atoms with van der Waals surface area (Å²) in [6.07, 6.45) is 0. The Kier molecular flexibility index (Phi) is 2.69. The summed E-state index contributed by atoms with van der Waals surface area (Å²) in [6, 6.07) is 14.6. The lowest BCUT2D eigenvalue weighted by Crippen LogP contribution is -2.00. The second-order valence-corrected chi connectivity index (χ2v) is 6.70. The molecule has 0 unspecified atom stereocenters. The van der Waals surface area contributed by atoms with E-state index in [0.717, 1.165) is 10.8 Å². The maximum absolute atomic E-state index is 12.3. The predicted octanol–water partition coefficient (Wildman–Crippen LogP) is 3.73. The molecule has 4 heteroatoms. The molecule has 0 spiro atoms. The molecule has 90 valence electrons. The zero-order valence-corrected chi connectivity index (χ0v) is 11.0. The smallest absolute Gasteiger partial charge is 0.207 e. The summed E-state index contributed by atoms with van der Waals surface area (Å²) in [7, 11) is -3.38. The van der Waals surface area contributed by atoms with E-state index in [-0.39, 0.29) is 0 Å². The number of rotatable bonds is 2. The van der Waals surface area contributed by atoms with Gasteiger partial charge in [-0.15, -0.1) is 0 Å². The first kappa shape index (κ1) is 11.4. The van der Waals surface area contributed by atoms with Gasteiger partial charge in [0.05, 0.1) is 9.79 Å². The Morgan fingerprint density at radius 1 is 0.833 bits per heavy atom. The van der Waals surface area contributed by atoms with Crippen molar-refractivity contribution in [3.8, 4) is 0 Å². The maximum Gasteiger partial charge on any atom is 0.207 e. The van der Waals surface area contributed by atoms with Gasteiger partial charge in [0, 0.05) is 5.38 Å². The molecule has 0 atom stereocenters. The van der Waals surface area contributed by atoms with Gasteiger partial charge in [-0.25, -0.2) is 8.42 Å². The lowest BCUT2D eigenvalue weighted by molar-refractivity contribution is 0.596. The highest BCUT2D eigenvalue weighted by molar-refractivity contribution is 7.91. The summed E-state index contributed by atoms with van der Waals surface area (Å²) in [5, 5.41) is 5.41. The van der Waals surface area contributed by atoms with Crippen LogP contribution in [0.3, 0.4) is 0 Å². The average molecular weight is 274 g/mol. The SMILES string of the molecule is O=S(=O)(c1ccsc1)c1ccc2ccccc2c1. The van der Waals surface area contributed by atoms with Crippen molar-refractivity contribution in [2.75, 3.05) is 0 Å². The van der Waals surface area contributed by atoms with Gasteiger partial charge in [-0.05, 0) is 34.4 Å². The first-order valence-corrected chi connectivity index (χ1v) is 7.87. The van der Waals surface area contributed by atoms with Crippen LogP contribution < -0.4 is 0 Å². The van der Waals surface area contributed by atoms with E-state index >= 15 is 0 Å². The fourth-order valence-electron chi connectivity index (χ4n) is 1.88. The minimum Gasteiger partial charge on any atom is -0.218 e. The normalized spacial score (nSPS) is 11.8. The minimum atomic E-state index is -3.38. The Labute approximate surface area is 109 Å². The van der Waals surface area contributed by atoms with Crippen molar-refractivity contribution in [3.63, 3.8) is 0 Å². The molecule has 0 saturated heterocycles. The van der Waals surface area contributed by atoms with Crippen LogP contribution in [0.25, 0.3) is 10.8 Å². The Morgan fingerprint density at radius 3 is 2.33 bits per heavy atom. The Bertz CT molecular complexity index is 788. The van der Waals surface area contributed by atoms with Gasteiger partial charge < -0.3 is 0 Å². The van der Waals surface area contributed by atoms with E-state index < -0.39 is 9.84 Å². The standard InChI is InChI=1S/C14H10O2S2/c15-18(16,14-7-8-17-10-14)13-6-5-11-3-1-2-4-12(11)9-13/h1-10H. The molecule has 0 aliphatic heterocycles. The average Bonchev–Trinajstić information content (AvgIpc) is 2.92. The third kappa shape index (κ3) is 1.83. The van der Waals surface area contributed by atoms with Crippen molar-refractivity contribution < 1.29 is 8.42 Å². The van der Waals surface area contributed by atoms with Gasteiger partial charge in [-0.1, -0.05) is 30.3 Å². The summed E-state index contributed by atoms with van der Waals surface area (Å²) in [4.78, 5) is 0.711. The number of benzene rings is 2. The maximum atomic E-state index is 12.3. The highest BCUT2D eigenvalue weighted by Crippen LogP contribution is 2.25. The topological polar surface area (TPSA) is 34.1 Å². The molecule has 0 radical (unpaired) electrons. The fraction of sp³-hybridized carbons (Fsp3) is 0. The van der Waals surface area contributed by atoms with Crippen molar-refractivity contribution in [2.45, 2.75) is 9.79 Å². The van der Waals surface area contributed by atoms with Crippen molar-refractivity contribution >= 4 is 31.9 Å². The highest BCUT2D eigenvalue weighted by atomic mass is 32.2. The van der Waals surface area contributed by atoms with Gasteiger partial charge in [0.25, 0.3) is 0 Å². The molecule has 3 rings (SSSR count). The monoisotopic (exact) mass is 274 g/mol. The van der Waals surface area contributed by atoms with Gasteiger partial charge in [-0.2, -0.15) is 11.3 Å². The van der Waals surface area contributed by atoms with Crippen molar-refractivity contribution in [3.05, 3.63) is 59.3 Å². The first-order valence-electron chi connectivity index (χ1n) is 5.44. The summed E-state index contributed by atoms with van der Waals surface area (Å²) < 4.78 is 24.7. The molecule has 0 aliphatic carbocycles. The molecule has 0 saturated carbocycles. The number of sulfone groups is 1. The molecule has 0 amide bonds. The molecule has 0 aliphatic rings. The Hall–Kier alpha value is -1.65. The molecule has 3 aromatic rings. The Morgan fingerprint density at radius 2 is 1.61 bits per heavy atom. The molecule has 1 aromatic heterocycles. The Balaban J connectivity index is 2.21. The zero-order valence-electron chi connectivity index (χ0n) is 9.41. The number of fused-ring (bicyclic) bond motifs is 1. The van der Waals surface area contributed by atoms with E-state index in [1.807, 2.05) is 30.3 Å². The molecule has 0 N–H and O–H groups in total. The molecule has 18 heavy (non-hydrogen) atoms. The molecule has 1 heterocycles. The fourth-order valence-corrected chi connectivity index (χ4v) is 4.20. The van der Waals surface area contributed by atoms with Gasteiger partial charge in [0.2, 0.25) is 9.84 Å². The van der Waals surface area contributed by atoms with Crippen molar-refractivity contribution in [1.82, 2.24) is 0 Å². The lowest BCUT2D eigenvalue weighted by Gasteiger charge is -2.04. The van der Waals surface area contributed by atoms with E-state index in [1.165, 1.54) is 11.3 Å². The third-order valence-corrected chi connectivity index (χ3v) is 5.42. The van der Waals surface area contributed by atoms with Crippen LogP contribution in [0.1, 0.15) is 0 Å². The van der Waals surface area contributed by atoms with Gasteiger partial charge >= 0.3 is 0 Å². The minimum absolute atomic E-state index is 0.347. The van der Waals surface area contributed by atoms with E-state index in [2.05, 4.69) is 0 Å². The summed E-state index contributed by atoms with van der Waals surface area (Å²) in [6.45, 7) is 0. The van der Waals surface area contributed by atoms with Crippen molar-refractivity contribution in [1.29, 1.82) is 0 Å². The van der Waals surface area contributed by atoms with Crippen LogP contribution in [0, 0.1) is 0 Å². The second kappa shape index (κ2) is 4.23. The van der Waals surface area contributed by atoms with Crippen LogP contribution in [0.5, 0.6) is 0 Å². The number of hydrogen-bond donors (Lipinski definition) is 0. The zero-order chi connectivity index (χ0) is 12.6. The van der Waals surface area contributed by atoms with Crippen LogP contribution in [-0.4, -0.2) is 8.42 Å². The largest absolute Gasteiger partial charge is 0.218 e. The van der Waals surface area contributed by atoms with Gasteiger partial charge in [-0.3, -0.25) is 0 Å². The van der Waals surface area contributed by atoms with Gasteiger partial charge in [0.15, 0.2) is 0 Å². The third-order valence-electron chi connectivity index (χ3n) is 2.84. The summed E-state index contributed by atoms with van der Waals surface area (Å²) >= 11 is 1.39. The lowest BCUT2D eigenvalue weighted by atomic mass is 10.1. The predicted molar refractivity (Wildman–Crippen MR) is 73.7 cm³/mol. The molecular formula is C14H10O2S2. The van der Waals surface area contributed by atoms with Crippen LogP contribution in [0.4, 0.5) is 0 Å². The first-order chi connectivity index (χ1) is 8.68. The van der Waals surface area contributed by atoms with E-state index in [0.29, 0.717) is 9.79 Å². The highest BCUT2D eigenvalue weighted by Gasteiger charge is 2.17. The van der Waals surface area contributed by atoms with Crippen LogP contribution in [-0.2, 0) is 9.84 Å². The number of hydrogen-bond acceptors (Lipinski definition) is 3. The van der Waals surface area contributed by atoms with Gasteiger partial charge in [0.1, 0.15) is 0 Å². The quantitative estimate of drug-likeness (QED) is 0.713. The van der Waals surface area contributed by atoms with Crippen LogP contribution in [0.15, 0.2) is 69.1 Å².